The highest BCUT2D eigenvalue weighted by molar-refractivity contribution is 7.99. The number of benzene rings is 1. The second-order valence-corrected chi connectivity index (χ2v) is 4.68. The molecule has 6 nitrogen and oxygen atoms in total. The number of carboxylic acids is 1. The molecule has 1 aromatic heterocycles. The molecule has 0 radical (unpaired) electrons. The topological polar surface area (TPSA) is 85.2 Å². The van der Waals surface area contributed by atoms with Gasteiger partial charge in [0.25, 0.3) is 0 Å². The van der Waals surface area contributed by atoms with Gasteiger partial charge in [-0.25, -0.2) is 4.79 Å². The van der Waals surface area contributed by atoms with Crippen LogP contribution in [-0.2, 0) is 0 Å². The molecule has 2 aromatic rings. The Balaban J connectivity index is 2.21. The summed E-state index contributed by atoms with van der Waals surface area (Å²) in [6.45, 7) is 0. The molecule has 1 aromatic carbocycles. The first-order valence-electron chi connectivity index (χ1n) is 5.05. The van der Waals surface area contributed by atoms with Crippen molar-refractivity contribution in [3.05, 3.63) is 35.1 Å². The van der Waals surface area contributed by atoms with E-state index in [9.17, 15) is 4.79 Å². The molecule has 0 aliphatic rings. The van der Waals surface area contributed by atoms with Gasteiger partial charge in [0, 0.05) is 4.90 Å². The van der Waals surface area contributed by atoms with Gasteiger partial charge in [0.15, 0.2) is 5.16 Å². The van der Waals surface area contributed by atoms with E-state index >= 15 is 0 Å². The predicted octanol–water partition coefficient (Wildman–Crippen LogP) is 2.38. The third-order valence-corrected chi connectivity index (χ3v) is 3.10. The van der Waals surface area contributed by atoms with Crippen LogP contribution in [0.25, 0.3) is 0 Å². The average molecular weight is 298 g/mol. The first kappa shape index (κ1) is 13.6. The predicted molar refractivity (Wildman–Crippen MR) is 68.9 cm³/mol. The monoisotopic (exact) mass is 297 g/mol. The number of carbonyl (C=O) groups is 1. The fraction of sp³-hybridized carbons (Fsp3) is 0.0909. The van der Waals surface area contributed by atoms with E-state index in [2.05, 4.69) is 15.0 Å². The Kier molecular flexibility index (Phi) is 4.18. The van der Waals surface area contributed by atoms with E-state index in [4.69, 9.17) is 21.4 Å². The molecular formula is C11H8ClN3O3S. The molecule has 2 rings (SSSR count). The number of ether oxygens (including phenoxy) is 1. The maximum atomic E-state index is 10.7. The van der Waals surface area contributed by atoms with E-state index in [0.717, 1.165) is 4.90 Å². The zero-order chi connectivity index (χ0) is 13.8. The Morgan fingerprint density at radius 2 is 1.95 bits per heavy atom. The molecule has 1 heterocycles. The van der Waals surface area contributed by atoms with Gasteiger partial charge in [-0.1, -0.05) is 0 Å². The minimum Gasteiger partial charge on any atom is -0.478 e. The van der Waals surface area contributed by atoms with Gasteiger partial charge in [-0.15, -0.1) is 0 Å². The standard InChI is InChI=1S/C11H8ClN3O3S/c1-18-10-13-9(12)14-11(15-10)19-7-4-2-6(3-5-7)8(16)17/h2-5H,1H3,(H,16,17). The lowest BCUT2D eigenvalue weighted by Crippen LogP contribution is -1.97. The minimum absolute atomic E-state index is 0.0384. The number of rotatable bonds is 4. The summed E-state index contributed by atoms with van der Waals surface area (Å²) < 4.78 is 4.89. The Hall–Kier alpha value is -1.86. The van der Waals surface area contributed by atoms with Crippen LogP contribution in [0.3, 0.4) is 0 Å². The van der Waals surface area contributed by atoms with Crippen molar-refractivity contribution in [3.63, 3.8) is 0 Å². The highest BCUT2D eigenvalue weighted by Gasteiger charge is 2.08. The van der Waals surface area contributed by atoms with Crippen molar-refractivity contribution >= 4 is 29.3 Å². The number of hydrogen-bond donors (Lipinski definition) is 1. The van der Waals surface area contributed by atoms with Crippen molar-refractivity contribution in [1.82, 2.24) is 15.0 Å². The number of halogens is 1. The minimum atomic E-state index is -0.971. The van der Waals surface area contributed by atoms with Crippen LogP contribution in [0, 0.1) is 0 Å². The van der Waals surface area contributed by atoms with Crippen molar-refractivity contribution in [2.75, 3.05) is 7.11 Å². The van der Waals surface area contributed by atoms with E-state index in [0.29, 0.717) is 5.16 Å². The average Bonchev–Trinajstić information content (AvgIpc) is 2.38. The molecule has 1 N–H and O–H groups in total. The summed E-state index contributed by atoms with van der Waals surface area (Å²) in [5, 5.41) is 9.21. The van der Waals surface area contributed by atoms with Gasteiger partial charge in [-0.3, -0.25) is 0 Å². The lowest BCUT2D eigenvalue weighted by Gasteiger charge is -2.03. The van der Waals surface area contributed by atoms with E-state index in [1.54, 1.807) is 12.1 Å². The lowest BCUT2D eigenvalue weighted by molar-refractivity contribution is 0.0697. The summed E-state index contributed by atoms with van der Waals surface area (Å²) in [5.74, 6) is -0.971. The van der Waals surface area contributed by atoms with Crippen LogP contribution in [0.1, 0.15) is 10.4 Å². The number of nitrogens with zero attached hydrogens (tertiary/aromatic N) is 3. The molecule has 0 aliphatic heterocycles. The summed E-state index contributed by atoms with van der Waals surface area (Å²) in [6, 6.07) is 6.47. The quantitative estimate of drug-likeness (QED) is 0.927. The van der Waals surface area contributed by atoms with Crippen molar-refractivity contribution in [2.24, 2.45) is 0 Å². The number of carboxylic acid groups (broad SMARTS) is 1. The van der Waals surface area contributed by atoms with E-state index in [1.807, 2.05) is 0 Å². The molecule has 19 heavy (non-hydrogen) atoms. The van der Waals surface area contributed by atoms with Gasteiger partial charge in [-0.05, 0) is 47.6 Å². The number of aromatic nitrogens is 3. The van der Waals surface area contributed by atoms with Gasteiger partial charge in [0.1, 0.15) is 0 Å². The fourth-order valence-electron chi connectivity index (χ4n) is 1.22. The van der Waals surface area contributed by atoms with Gasteiger partial charge in [0.05, 0.1) is 12.7 Å². The highest BCUT2D eigenvalue weighted by Crippen LogP contribution is 2.26. The largest absolute Gasteiger partial charge is 0.478 e. The maximum absolute atomic E-state index is 10.7. The number of hydrogen-bond acceptors (Lipinski definition) is 6. The van der Waals surface area contributed by atoms with Crippen LogP contribution >= 0.6 is 23.4 Å². The molecule has 0 atom stereocenters. The van der Waals surface area contributed by atoms with Crippen LogP contribution in [0.15, 0.2) is 34.3 Å². The van der Waals surface area contributed by atoms with Gasteiger partial charge >= 0.3 is 12.0 Å². The number of methoxy groups -OCH3 is 1. The van der Waals surface area contributed by atoms with Crippen LogP contribution < -0.4 is 4.74 Å². The Bertz CT molecular complexity index is 607. The molecule has 0 fully saturated rings. The molecule has 0 saturated heterocycles. The second kappa shape index (κ2) is 5.85. The molecule has 0 saturated carbocycles. The fourth-order valence-corrected chi connectivity index (χ4v) is 2.16. The van der Waals surface area contributed by atoms with Crippen molar-refractivity contribution < 1.29 is 14.6 Å². The first-order chi connectivity index (χ1) is 9.08. The van der Waals surface area contributed by atoms with Crippen molar-refractivity contribution in [3.8, 4) is 6.01 Å². The van der Waals surface area contributed by atoms with Crippen LogP contribution in [0.2, 0.25) is 5.28 Å². The van der Waals surface area contributed by atoms with E-state index < -0.39 is 5.97 Å². The summed E-state index contributed by atoms with van der Waals surface area (Å²) >= 11 is 6.96. The van der Waals surface area contributed by atoms with Crippen LogP contribution in [0.4, 0.5) is 0 Å². The Morgan fingerprint density at radius 1 is 1.26 bits per heavy atom. The second-order valence-electron chi connectivity index (χ2n) is 3.31. The molecular weight excluding hydrogens is 290 g/mol. The third-order valence-electron chi connectivity index (χ3n) is 2.06. The molecule has 8 heteroatoms. The Labute approximate surface area is 117 Å². The van der Waals surface area contributed by atoms with Crippen molar-refractivity contribution in [2.45, 2.75) is 10.1 Å². The zero-order valence-electron chi connectivity index (χ0n) is 9.70. The Morgan fingerprint density at radius 3 is 2.53 bits per heavy atom. The van der Waals surface area contributed by atoms with E-state index in [1.165, 1.54) is 31.0 Å². The molecule has 0 amide bonds. The van der Waals surface area contributed by atoms with Crippen molar-refractivity contribution in [1.29, 1.82) is 0 Å². The SMILES string of the molecule is COc1nc(Cl)nc(Sc2ccc(C(=O)O)cc2)n1. The van der Waals surface area contributed by atoms with E-state index in [-0.39, 0.29) is 16.9 Å². The summed E-state index contributed by atoms with van der Waals surface area (Å²) in [4.78, 5) is 23.2. The lowest BCUT2D eigenvalue weighted by atomic mass is 10.2. The molecule has 0 unspecified atom stereocenters. The van der Waals surface area contributed by atoms with Crippen LogP contribution in [0.5, 0.6) is 6.01 Å². The van der Waals surface area contributed by atoms with Gasteiger partial charge in [0.2, 0.25) is 5.28 Å². The number of aromatic carboxylic acids is 1. The molecule has 98 valence electrons. The normalized spacial score (nSPS) is 10.2. The third kappa shape index (κ3) is 3.55. The first-order valence-corrected chi connectivity index (χ1v) is 6.24. The smallest absolute Gasteiger partial charge is 0.335 e. The summed E-state index contributed by atoms with van der Waals surface area (Å²) in [7, 11) is 1.43. The highest BCUT2D eigenvalue weighted by atomic mass is 35.5. The van der Waals surface area contributed by atoms with Crippen LogP contribution in [-0.4, -0.2) is 33.1 Å². The molecule has 0 spiro atoms. The maximum Gasteiger partial charge on any atom is 0.335 e. The van der Waals surface area contributed by atoms with Gasteiger partial charge in [-0.2, -0.15) is 15.0 Å². The summed E-state index contributed by atoms with van der Waals surface area (Å²) in [5.41, 5.74) is 0.218. The van der Waals surface area contributed by atoms with Gasteiger partial charge < -0.3 is 9.84 Å². The zero-order valence-corrected chi connectivity index (χ0v) is 11.3. The molecule has 0 aliphatic carbocycles. The summed E-state index contributed by atoms with van der Waals surface area (Å²) in [6.07, 6.45) is 0. The molecule has 0 bridgehead atoms.